The fourth-order valence-electron chi connectivity index (χ4n) is 2.64. The second-order valence-corrected chi connectivity index (χ2v) is 5.39. The summed E-state index contributed by atoms with van der Waals surface area (Å²) in [7, 11) is 0. The summed E-state index contributed by atoms with van der Waals surface area (Å²) >= 11 is 0. The first kappa shape index (κ1) is 15.3. The summed E-state index contributed by atoms with van der Waals surface area (Å²) in [5, 5.41) is 20.1. The van der Waals surface area contributed by atoms with Crippen LogP contribution in [-0.2, 0) is 0 Å². The van der Waals surface area contributed by atoms with Crippen molar-refractivity contribution < 1.29 is 10.2 Å². The van der Waals surface area contributed by atoms with Crippen LogP contribution in [0.1, 0.15) is 5.56 Å². The van der Waals surface area contributed by atoms with Crippen LogP contribution in [0, 0.1) is 12.3 Å². The Labute approximate surface area is 140 Å². The van der Waals surface area contributed by atoms with E-state index in [0.717, 1.165) is 5.56 Å². The zero-order chi connectivity index (χ0) is 17.3. The zero-order valence-electron chi connectivity index (χ0n) is 12.8. The van der Waals surface area contributed by atoms with Crippen molar-refractivity contribution in [3.05, 3.63) is 60.2 Å². The van der Waals surface area contributed by atoms with Gasteiger partial charge in [-0.3, -0.25) is 0 Å². The number of hydrogen-bond acceptors (Lipinski definition) is 4. The van der Waals surface area contributed by atoms with E-state index in [4.69, 9.17) is 17.9 Å². The van der Waals surface area contributed by atoms with Crippen LogP contribution < -0.4 is 11.5 Å². The van der Waals surface area contributed by atoms with E-state index in [1.54, 1.807) is 18.2 Å². The molecule has 3 aromatic rings. The Hall–Kier alpha value is -3.58. The standard InChI is InChI=1S/C20H16N2O2/c1-2-14-15(13-8-9-18(23)17(21)10-13)11-16(20(24)19(14)22)12-6-4-3-5-7-12/h1,3-11,23-24H,21-22H2. The molecule has 0 aliphatic heterocycles. The van der Waals surface area contributed by atoms with Gasteiger partial charge in [0.15, 0.2) is 0 Å². The number of phenolic OH excluding ortho intramolecular Hbond substituents is 2. The third-order valence-electron chi connectivity index (χ3n) is 3.91. The lowest BCUT2D eigenvalue weighted by Crippen LogP contribution is -1.97. The van der Waals surface area contributed by atoms with E-state index < -0.39 is 0 Å². The topological polar surface area (TPSA) is 92.5 Å². The maximum absolute atomic E-state index is 10.4. The van der Waals surface area contributed by atoms with Gasteiger partial charge in [-0.2, -0.15) is 0 Å². The normalized spacial score (nSPS) is 10.3. The van der Waals surface area contributed by atoms with Crippen molar-refractivity contribution in [3.63, 3.8) is 0 Å². The highest BCUT2D eigenvalue weighted by Gasteiger charge is 2.17. The van der Waals surface area contributed by atoms with Gasteiger partial charge in [0.2, 0.25) is 0 Å². The molecule has 0 spiro atoms. The number of nitrogens with two attached hydrogens (primary N) is 2. The summed E-state index contributed by atoms with van der Waals surface area (Å²) in [6, 6.07) is 16.0. The molecule has 0 aromatic heterocycles. The van der Waals surface area contributed by atoms with E-state index in [2.05, 4.69) is 5.92 Å². The van der Waals surface area contributed by atoms with Gasteiger partial charge in [-0.15, -0.1) is 6.42 Å². The van der Waals surface area contributed by atoms with Crippen LogP contribution in [-0.4, -0.2) is 10.2 Å². The molecule has 0 saturated carbocycles. The van der Waals surface area contributed by atoms with Gasteiger partial charge in [0.05, 0.1) is 16.9 Å². The van der Waals surface area contributed by atoms with Gasteiger partial charge >= 0.3 is 0 Å². The van der Waals surface area contributed by atoms with Crippen LogP contribution in [0.2, 0.25) is 0 Å². The molecule has 24 heavy (non-hydrogen) atoms. The lowest BCUT2D eigenvalue weighted by atomic mass is 9.92. The van der Waals surface area contributed by atoms with Crippen LogP contribution in [0.25, 0.3) is 22.3 Å². The summed E-state index contributed by atoms with van der Waals surface area (Å²) in [6.07, 6.45) is 5.59. The number of rotatable bonds is 2. The largest absolute Gasteiger partial charge is 0.506 e. The fourth-order valence-corrected chi connectivity index (χ4v) is 2.64. The van der Waals surface area contributed by atoms with Gasteiger partial charge in [-0.05, 0) is 29.3 Å². The smallest absolute Gasteiger partial charge is 0.147 e. The third kappa shape index (κ3) is 2.49. The average Bonchev–Trinajstić information content (AvgIpc) is 2.60. The Kier molecular flexibility index (Phi) is 3.77. The van der Waals surface area contributed by atoms with Crippen LogP contribution >= 0.6 is 0 Å². The molecule has 0 aliphatic rings. The quantitative estimate of drug-likeness (QED) is 0.330. The summed E-state index contributed by atoms with van der Waals surface area (Å²) < 4.78 is 0. The zero-order valence-corrected chi connectivity index (χ0v) is 12.8. The summed E-state index contributed by atoms with van der Waals surface area (Å²) in [5.74, 6) is 2.47. The van der Waals surface area contributed by atoms with Crippen molar-refractivity contribution in [2.24, 2.45) is 0 Å². The van der Waals surface area contributed by atoms with Crippen molar-refractivity contribution in [2.75, 3.05) is 11.5 Å². The molecule has 6 N–H and O–H groups in total. The summed E-state index contributed by atoms with van der Waals surface area (Å²) in [4.78, 5) is 0. The van der Waals surface area contributed by atoms with E-state index in [0.29, 0.717) is 22.3 Å². The first-order chi connectivity index (χ1) is 11.5. The number of anilines is 2. The SMILES string of the molecule is C#Cc1c(-c2ccc(O)c(N)c2)cc(-c2ccccc2)c(O)c1N. The third-order valence-corrected chi connectivity index (χ3v) is 3.91. The summed E-state index contributed by atoms with van der Waals surface area (Å²) in [5.41, 5.74) is 15.4. The lowest BCUT2D eigenvalue weighted by molar-refractivity contribution is 0.478. The van der Waals surface area contributed by atoms with Gasteiger partial charge < -0.3 is 21.7 Å². The molecule has 4 nitrogen and oxygen atoms in total. The molecule has 3 aromatic carbocycles. The highest BCUT2D eigenvalue weighted by Crippen LogP contribution is 2.42. The van der Waals surface area contributed by atoms with Crippen LogP contribution in [0.5, 0.6) is 11.5 Å². The Balaban J connectivity index is 2.31. The molecule has 3 rings (SSSR count). The molecule has 0 heterocycles. The monoisotopic (exact) mass is 316 g/mol. The second kappa shape index (κ2) is 5.90. The van der Waals surface area contributed by atoms with Gasteiger partial charge in [-0.25, -0.2) is 0 Å². The molecule has 0 bridgehead atoms. The molecule has 0 radical (unpaired) electrons. The van der Waals surface area contributed by atoms with Crippen molar-refractivity contribution >= 4 is 11.4 Å². The summed E-state index contributed by atoms with van der Waals surface area (Å²) in [6.45, 7) is 0. The van der Waals surface area contributed by atoms with E-state index in [9.17, 15) is 10.2 Å². The van der Waals surface area contributed by atoms with Crippen molar-refractivity contribution in [1.29, 1.82) is 0 Å². The Morgan fingerprint density at radius 3 is 2.17 bits per heavy atom. The number of nitrogen functional groups attached to an aromatic ring is 2. The fraction of sp³-hybridized carbons (Fsp3) is 0. The second-order valence-electron chi connectivity index (χ2n) is 5.39. The van der Waals surface area contributed by atoms with Crippen LogP contribution in [0.4, 0.5) is 11.4 Å². The van der Waals surface area contributed by atoms with Gasteiger partial charge in [0.1, 0.15) is 11.5 Å². The molecular formula is C20H16N2O2. The predicted octanol–water partition coefficient (Wildman–Crippen LogP) is 3.58. The van der Waals surface area contributed by atoms with Crippen molar-refractivity contribution in [1.82, 2.24) is 0 Å². The number of aromatic hydroxyl groups is 2. The Bertz CT molecular complexity index is 958. The minimum atomic E-state index is -0.0512. The first-order valence-electron chi connectivity index (χ1n) is 7.29. The molecule has 0 atom stereocenters. The molecular weight excluding hydrogens is 300 g/mol. The molecule has 0 amide bonds. The molecule has 4 heteroatoms. The average molecular weight is 316 g/mol. The van der Waals surface area contributed by atoms with Crippen molar-refractivity contribution in [3.8, 4) is 46.1 Å². The van der Waals surface area contributed by atoms with E-state index in [1.807, 2.05) is 30.3 Å². The molecule has 0 saturated heterocycles. The Morgan fingerprint density at radius 2 is 1.54 bits per heavy atom. The van der Waals surface area contributed by atoms with Gasteiger partial charge in [0.25, 0.3) is 0 Å². The van der Waals surface area contributed by atoms with E-state index in [1.165, 1.54) is 6.07 Å². The predicted molar refractivity (Wildman–Crippen MR) is 97.4 cm³/mol. The minimum absolute atomic E-state index is 0.00367. The number of phenols is 2. The van der Waals surface area contributed by atoms with E-state index >= 15 is 0 Å². The van der Waals surface area contributed by atoms with E-state index in [-0.39, 0.29) is 22.9 Å². The Morgan fingerprint density at radius 1 is 0.833 bits per heavy atom. The maximum atomic E-state index is 10.4. The molecule has 0 fully saturated rings. The van der Waals surface area contributed by atoms with Gasteiger partial charge in [0, 0.05) is 11.1 Å². The number of benzene rings is 3. The number of terminal acetylenes is 1. The van der Waals surface area contributed by atoms with Crippen LogP contribution in [0.15, 0.2) is 54.6 Å². The van der Waals surface area contributed by atoms with Crippen molar-refractivity contribution in [2.45, 2.75) is 0 Å². The first-order valence-corrected chi connectivity index (χ1v) is 7.29. The molecule has 0 unspecified atom stereocenters. The highest BCUT2D eigenvalue weighted by molar-refractivity contribution is 5.90. The highest BCUT2D eigenvalue weighted by atomic mass is 16.3. The molecule has 0 aliphatic carbocycles. The van der Waals surface area contributed by atoms with Crippen LogP contribution in [0.3, 0.4) is 0 Å². The number of hydrogen-bond donors (Lipinski definition) is 4. The van der Waals surface area contributed by atoms with Gasteiger partial charge in [-0.1, -0.05) is 42.3 Å². The lowest BCUT2D eigenvalue weighted by Gasteiger charge is -2.15. The molecule has 118 valence electrons. The minimum Gasteiger partial charge on any atom is -0.506 e. The maximum Gasteiger partial charge on any atom is 0.147 e.